The van der Waals surface area contributed by atoms with Crippen LogP contribution in [0.2, 0.25) is 0 Å². The van der Waals surface area contributed by atoms with Crippen molar-refractivity contribution < 1.29 is 27.6 Å². The number of Topliss-reactive ketones (excluding diaryl/α,β-unsaturated/α-hetero) is 1. The van der Waals surface area contributed by atoms with Crippen molar-refractivity contribution in [3.05, 3.63) is 46.2 Å². The molecule has 0 bridgehead atoms. The van der Waals surface area contributed by atoms with Crippen LogP contribution in [0.3, 0.4) is 0 Å². The monoisotopic (exact) mass is 289 g/mol. The Labute approximate surface area is 111 Å². The van der Waals surface area contributed by atoms with Crippen LogP contribution in [-0.2, 0) is 9.53 Å². The van der Waals surface area contributed by atoms with E-state index in [1.807, 2.05) is 0 Å². The van der Waals surface area contributed by atoms with Crippen LogP contribution in [0.25, 0.3) is 5.57 Å². The second kappa shape index (κ2) is 6.18. The van der Waals surface area contributed by atoms with E-state index in [0.29, 0.717) is 6.26 Å². The largest absolute Gasteiger partial charge is 0.501 e. The van der Waals surface area contributed by atoms with Crippen molar-refractivity contribution in [3.8, 4) is 0 Å². The minimum Gasteiger partial charge on any atom is -0.501 e. The van der Waals surface area contributed by atoms with Crippen molar-refractivity contribution >= 4 is 17.0 Å². The molecule has 0 unspecified atom stereocenters. The van der Waals surface area contributed by atoms with E-state index < -0.39 is 22.5 Å². The van der Waals surface area contributed by atoms with Crippen molar-refractivity contribution in [3.63, 3.8) is 0 Å². The second-order valence-electron chi connectivity index (χ2n) is 3.62. The van der Waals surface area contributed by atoms with Crippen LogP contribution in [-0.4, -0.2) is 23.5 Å². The highest BCUT2D eigenvalue weighted by atomic mass is 19.4. The molecular weight excluding hydrogens is 279 g/mol. The lowest BCUT2D eigenvalue weighted by Gasteiger charge is -2.09. The Kier molecular flexibility index (Phi) is 4.84. The van der Waals surface area contributed by atoms with Gasteiger partial charge in [-0.2, -0.15) is 13.2 Å². The Morgan fingerprint density at radius 3 is 2.30 bits per heavy atom. The lowest BCUT2D eigenvalue weighted by Crippen LogP contribution is -2.24. The molecule has 0 aliphatic rings. The summed E-state index contributed by atoms with van der Waals surface area (Å²) < 4.78 is 42.1. The summed E-state index contributed by atoms with van der Waals surface area (Å²) in [6, 6.07) is 4.15. The van der Waals surface area contributed by atoms with Gasteiger partial charge in [0.15, 0.2) is 0 Å². The number of carbonyl (C=O) groups is 1. The van der Waals surface area contributed by atoms with Crippen molar-refractivity contribution in [2.75, 3.05) is 6.61 Å². The molecular formula is C12H10F3NO4. The number of rotatable bonds is 5. The molecule has 0 radical (unpaired) electrons. The van der Waals surface area contributed by atoms with E-state index in [9.17, 15) is 28.1 Å². The van der Waals surface area contributed by atoms with Crippen LogP contribution in [0, 0.1) is 10.1 Å². The van der Waals surface area contributed by atoms with Gasteiger partial charge in [0.05, 0.1) is 23.4 Å². The van der Waals surface area contributed by atoms with Crippen LogP contribution in [0.4, 0.5) is 18.9 Å². The predicted octanol–water partition coefficient (Wildman–Crippen LogP) is 3.10. The summed E-state index contributed by atoms with van der Waals surface area (Å²) in [5.74, 6) is -2.07. The standard InChI is InChI=1S/C12H10F3NO4/c1-2-20-7-10(11(17)12(13,14)15)8-3-5-9(6-4-8)16(18)19/h3-7H,2H2,1H3/b10-7+. The molecule has 0 fully saturated rings. The van der Waals surface area contributed by atoms with Gasteiger partial charge in [0.2, 0.25) is 0 Å². The molecule has 20 heavy (non-hydrogen) atoms. The molecule has 0 aliphatic heterocycles. The third-order valence-electron chi connectivity index (χ3n) is 2.26. The molecule has 0 spiro atoms. The molecule has 0 aliphatic carbocycles. The molecule has 108 valence electrons. The van der Waals surface area contributed by atoms with Crippen LogP contribution in [0.1, 0.15) is 12.5 Å². The molecule has 1 rings (SSSR count). The van der Waals surface area contributed by atoms with Gasteiger partial charge in [-0.3, -0.25) is 14.9 Å². The molecule has 8 heteroatoms. The van der Waals surface area contributed by atoms with E-state index in [2.05, 4.69) is 0 Å². The Morgan fingerprint density at radius 2 is 1.90 bits per heavy atom. The van der Waals surface area contributed by atoms with Crippen molar-refractivity contribution in [1.82, 2.24) is 0 Å². The minimum atomic E-state index is -5.05. The number of nitrogens with zero attached hydrogens (tertiary/aromatic N) is 1. The topological polar surface area (TPSA) is 69.4 Å². The number of ether oxygens (including phenoxy) is 1. The molecule has 1 aromatic carbocycles. The first kappa shape index (κ1) is 15.7. The quantitative estimate of drug-likeness (QED) is 0.361. The van der Waals surface area contributed by atoms with Gasteiger partial charge in [0.1, 0.15) is 0 Å². The van der Waals surface area contributed by atoms with Gasteiger partial charge in [-0.05, 0) is 24.6 Å². The fourth-order valence-electron chi connectivity index (χ4n) is 1.33. The normalized spacial score (nSPS) is 12.1. The molecule has 0 aromatic heterocycles. The third kappa shape index (κ3) is 3.81. The number of non-ortho nitro benzene ring substituents is 1. The number of halogens is 3. The molecule has 0 atom stereocenters. The summed E-state index contributed by atoms with van der Waals surface area (Å²) in [6.07, 6.45) is -4.35. The zero-order valence-corrected chi connectivity index (χ0v) is 10.3. The van der Waals surface area contributed by atoms with E-state index >= 15 is 0 Å². The molecule has 0 amide bonds. The number of nitro benzene ring substituents is 1. The molecule has 0 saturated heterocycles. The van der Waals surface area contributed by atoms with Gasteiger partial charge < -0.3 is 4.74 Å². The van der Waals surface area contributed by atoms with E-state index in [0.717, 1.165) is 24.3 Å². The lowest BCUT2D eigenvalue weighted by atomic mass is 10.0. The molecule has 0 saturated carbocycles. The summed E-state index contributed by atoms with van der Waals surface area (Å²) in [6.45, 7) is 1.63. The van der Waals surface area contributed by atoms with Crippen molar-refractivity contribution in [1.29, 1.82) is 0 Å². The summed E-state index contributed by atoms with van der Waals surface area (Å²) in [4.78, 5) is 21.1. The number of allylic oxidation sites excluding steroid dienone is 1. The minimum absolute atomic E-state index is 0.0849. The number of alkyl halides is 3. The van der Waals surface area contributed by atoms with Crippen LogP contribution in [0.15, 0.2) is 30.5 Å². The first-order valence-electron chi connectivity index (χ1n) is 5.45. The predicted molar refractivity (Wildman–Crippen MR) is 63.8 cm³/mol. The molecule has 0 heterocycles. The number of benzene rings is 1. The van der Waals surface area contributed by atoms with Crippen LogP contribution >= 0.6 is 0 Å². The molecule has 1 aromatic rings. The van der Waals surface area contributed by atoms with Gasteiger partial charge >= 0.3 is 6.18 Å². The maximum absolute atomic E-state index is 12.5. The third-order valence-corrected chi connectivity index (χ3v) is 2.26. The van der Waals surface area contributed by atoms with Crippen LogP contribution in [0.5, 0.6) is 0 Å². The Bertz CT molecular complexity index is 535. The highest BCUT2D eigenvalue weighted by molar-refractivity contribution is 6.23. The second-order valence-corrected chi connectivity index (χ2v) is 3.62. The number of carbonyl (C=O) groups excluding carboxylic acids is 1. The molecule has 0 N–H and O–H groups in total. The van der Waals surface area contributed by atoms with Crippen LogP contribution < -0.4 is 0 Å². The van der Waals surface area contributed by atoms with E-state index in [4.69, 9.17) is 4.74 Å². The first-order valence-corrected chi connectivity index (χ1v) is 5.45. The lowest BCUT2D eigenvalue weighted by molar-refractivity contribution is -0.384. The SMILES string of the molecule is CCO/C=C(/C(=O)C(F)(F)F)c1ccc([N+](=O)[O-])cc1. The maximum Gasteiger partial charge on any atom is 0.455 e. The summed E-state index contributed by atoms with van der Waals surface area (Å²) in [5.41, 5.74) is -1.09. The van der Waals surface area contributed by atoms with E-state index in [1.165, 1.54) is 0 Å². The number of ketones is 1. The maximum atomic E-state index is 12.5. The fourth-order valence-corrected chi connectivity index (χ4v) is 1.33. The highest BCUT2D eigenvalue weighted by Gasteiger charge is 2.41. The van der Waals surface area contributed by atoms with Gasteiger partial charge in [-0.25, -0.2) is 0 Å². The number of hydrogen-bond acceptors (Lipinski definition) is 4. The number of nitro groups is 1. The van der Waals surface area contributed by atoms with Gasteiger partial charge in [0, 0.05) is 12.1 Å². The Balaban J connectivity index is 3.18. The summed E-state index contributed by atoms with van der Waals surface area (Å²) in [7, 11) is 0. The Hall–Kier alpha value is -2.38. The van der Waals surface area contributed by atoms with E-state index in [1.54, 1.807) is 6.92 Å². The average molecular weight is 289 g/mol. The first-order chi connectivity index (χ1) is 9.27. The van der Waals surface area contributed by atoms with Crippen molar-refractivity contribution in [2.45, 2.75) is 13.1 Å². The zero-order chi connectivity index (χ0) is 15.3. The average Bonchev–Trinajstić information content (AvgIpc) is 2.38. The fraction of sp³-hybridized carbons (Fsp3) is 0.250. The Morgan fingerprint density at radius 1 is 1.35 bits per heavy atom. The molecule has 5 nitrogen and oxygen atoms in total. The van der Waals surface area contributed by atoms with Gasteiger partial charge in [-0.1, -0.05) is 0 Å². The summed E-state index contributed by atoms with van der Waals surface area (Å²) in [5, 5.41) is 10.5. The summed E-state index contributed by atoms with van der Waals surface area (Å²) >= 11 is 0. The van der Waals surface area contributed by atoms with Crippen molar-refractivity contribution in [2.24, 2.45) is 0 Å². The van der Waals surface area contributed by atoms with E-state index in [-0.39, 0.29) is 17.9 Å². The zero-order valence-electron chi connectivity index (χ0n) is 10.3. The highest BCUT2D eigenvalue weighted by Crippen LogP contribution is 2.28. The van der Waals surface area contributed by atoms with Gasteiger partial charge in [0.25, 0.3) is 11.5 Å². The van der Waals surface area contributed by atoms with Gasteiger partial charge in [-0.15, -0.1) is 0 Å². The smallest absolute Gasteiger partial charge is 0.455 e. The number of hydrogen-bond donors (Lipinski definition) is 0.